The summed E-state index contributed by atoms with van der Waals surface area (Å²) in [5.41, 5.74) is 1.90. The second-order valence-electron chi connectivity index (χ2n) is 4.48. The molecular formula is C12H14O3. The van der Waals surface area contributed by atoms with Crippen LogP contribution in [0.25, 0.3) is 0 Å². The van der Waals surface area contributed by atoms with Crippen LogP contribution in [0.15, 0.2) is 6.07 Å². The van der Waals surface area contributed by atoms with Crippen LogP contribution in [0, 0.1) is 0 Å². The summed E-state index contributed by atoms with van der Waals surface area (Å²) in [6.45, 7) is 0. The van der Waals surface area contributed by atoms with Crippen LogP contribution in [0.4, 0.5) is 0 Å². The molecule has 0 radical (unpaired) electrons. The Balaban J connectivity index is 2.26. The fourth-order valence-electron chi connectivity index (χ4n) is 3.17. The van der Waals surface area contributed by atoms with Crippen LogP contribution in [0.3, 0.4) is 0 Å². The van der Waals surface area contributed by atoms with Gasteiger partial charge in [0.1, 0.15) is 5.75 Å². The first-order valence-corrected chi connectivity index (χ1v) is 5.35. The molecule has 1 saturated carbocycles. The molecular weight excluding hydrogens is 192 g/mol. The summed E-state index contributed by atoms with van der Waals surface area (Å²) < 4.78 is 5.05. The largest absolute Gasteiger partial charge is 0.508 e. The van der Waals surface area contributed by atoms with Crippen LogP contribution in [-0.2, 0) is 0 Å². The molecule has 1 aromatic carbocycles. The molecule has 2 aliphatic rings. The predicted molar refractivity (Wildman–Crippen MR) is 55.7 cm³/mol. The van der Waals surface area contributed by atoms with Gasteiger partial charge in [-0.05, 0) is 31.1 Å². The van der Waals surface area contributed by atoms with Gasteiger partial charge in [-0.2, -0.15) is 0 Å². The number of fused-ring (bicyclic) bond motifs is 5. The third-order valence-electron chi connectivity index (χ3n) is 3.79. The Bertz CT molecular complexity index is 425. The minimum Gasteiger partial charge on any atom is -0.508 e. The molecule has 2 bridgehead atoms. The molecule has 3 nitrogen and oxygen atoms in total. The number of phenolic OH excluding ortho intramolecular Hbond substituents is 2. The van der Waals surface area contributed by atoms with E-state index in [9.17, 15) is 10.2 Å². The topological polar surface area (TPSA) is 49.7 Å². The van der Waals surface area contributed by atoms with Gasteiger partial charge in [0.15, 0.2) is 11.5 Å². The molecule has 2 atom stereocenters. The van der Waals surface area contributed by atoms with Crippen molar-refractivity contribution < 1.29 is 14.9 Å². The van der Waals surface area contributed by atoms with Gasteiger partial charge in [0.2, 0.25) is 0 Å². The molecule has 3 heteroatoms. The van der Waals surface area contributed by atoms with E-state index in [1.807, 2.05) is 0 Å². The number of methoxy groups -OCH3 is 1. The lowest BCUT2D eigenvalue weighted by Gasteiger charge is -2.19. The number of hydrogen-bond donors (Lipinski definition) is 2. The summed E-state index contributed by atoms with van der Waals surface area (Å²) in [6.07, 6.45) is 3.33. The standard InChI is InChI=1S/C12H14O3/c1-15-9-5-8(13)10-6-2-3-7(4-6)11(10)12(9)14/h5-7,13-14H,2-4H2,1H3. The van der Waals surface area contributed by atoms with Crippen molar-refractivity contribution in [1.29, 1.82) is 0 Å². The van der Waals surface area contributed by atoms with Gasteiger partial charge in [-0.1, -0.05) is 0 Å². The molecule has 2 unspecified atom stereocenters. The lowest BCUT2D eigenvalue weighted by Crippen LogP contribution is -2.00. The highest BCUT2D eigenvalue weighted by Crippen LogP contribution is 2.60. The van der Waals surface area contributed by atoms with Crippen LogP contribution in [0.5, 0.6) is 17.2 Å². The zero-order valence-corrected chi connectivity index (χ0v) is 8.66. The van der Waals surface area contributed by atoms with Gasteiger partial charge in [0.05, 0.1) is 7.11 Å². The fraction of sp³-hybridized carbons (Fsp3) is 0.500. The van der Waals surface area contributed by atoms with E-state index in [2.05, 4.69) is 0 Å². The first-order chi connectivity index (χ1) is 7.22. The average molecular weight is 206 g/mol. The Hall–Kier alpha value is -1.38. The molecule has 1 aromatic rings. The van der Waals surface area contributed by atoms with Crippen molar-refractivity contribution in [3.05, 3.63) is 17.2 Å². The summed E-state index contributed by atoms with van der Waals surface area (Å²) in [6, 6.07) is 1.52. The van der Waals surface area contributed by atoms with Gasteiger partial charge in [0, 0.05) is 17.2 Å². The van der Waals surface area contributed by atoms with Gasteiger partial charge >= 0.3 is 0 Å². The molecule has 2 N–H and O–H groups in total. The molecule has 2 aliphatic carbocycles. The minimum absolute atomic E-state index is 0.234. The molecule has 0 spiro atoms. The normalized spacial score (nSPS) is 26.7. The number of phenols is 2. The van der Waals surface area contributed by atoms with Crippen molar-refractivity contribution in [2.75, 3.05) is 7.11 Å². The Labute approximate surface area is 88.3 Å². The van der Waals surface area contributed by atoms with Gasteiger partial charge in [-0.3, -0.25) is 0 Å². The highest BCUT2D eigenvalue weighted by molar-refractivity contribution is 5.61. The molecule has 1 fully saturated rings. The lowest BCUT2D eigenvalue weighted by molar-refractivity contribution is 0.362. The molecule has 0 amide bonds. The van der Waals surface area contributed by atoms with E-state index in [0.717, 1.165) is 30.4 Å². The fourth-order valence-corrected chi connectivity index (χ4v) is 3.17. The van der Waals surface area contributed by atoms with Crippen molar-refractivity contribution in [1.82, 2.24) is 0 Å². The number of benzene rings is 1. The lowest BCUT2D eigenvalue weighted by atomic mass is 9.90. The Morgan fingerprint density at radius 3 is 2.53 bits per heavy atom. The van der Waals surface area contributed by atoms with Crippen LogP contribution in [0.2, 0.25) is 0 Å². The minimum atomic E-state index is 0.234. The summed E-state index contributed by atoms with van der Waals surface area (Å²) in [4.78, 5) is 0. The first kappa shape index (κ1) is 8.89. The van der Waals surface area contributed by atoms with E-state index in [4.69, 9.17) is 4.74 Å². The predicted octanol–water partition coefficient (Wildman–Crippen LogP) is 2.47. The summed E-state index contributed by atoms with van der Waals surface area (Å²) in [5.74, 6) is 1.77. The van der Waals surface area contributed by atoms with Gasteiger partial charge < -0.3 is 14.9 Å². The second kappa shape index (κ2) is 2.81. The van der Waals surface area contributed by atoms with Crippen molar-refractivity contribution >= 4 is 0 Å². The molecule has 80 valence electrons. The highest BCUT2D eigenvalue weighted by atomic mass is 16.5. The van der Waals surface area contributed by atoms with E-state index in [1.165, 1.54) is 13.2 Å². The smallest absolute Gasteiger partial charge is 0.164 e. The van der Waals surface area contributed by atoms with E-state index >= 15 is 0 Å². The quantitative estimate of drug-likeness (QED) is 0.694. The van der Waals surface area contributed by atoms with E-state index in [1.54, 1.807) is 0 Å². The number of hydrogen-bond acceptors (Lipinski definition) is 3. The number of rotatable bonds is 1. The molecule has 0 saturated heterocycles. The van der Waals surface area contributed by atoms with Crippen molar-refractivity contribution in [3.8, 4) is 17.2 Å². The summed E-state index contributed by atoms with van der Waals surface area (Å²) in [5, 5.41) is 19.9. The maximum absolute atomic E-state index is 10.0. The number of ether oxygens (including phenoxy) is 1. The van der Waals surface area contributed by atoms with Crippen LogP contribution < -0.4 is 4.74 Å². The number of aromatic hydroxyl groups is 2. The molecule has 0 heterocycles. The molecule has 3 rings (SSSR count). The van der Waals surface area contributed by atoms with Gasteiger partial charge in [-0.15, -0.1) is 0 Å². The molecule has 0 aromatic heterocycles. The van der Waals surface area contributed by atoms with Gasteiger partial charge in [-0.25, -0.2) is 0 Å². The third kappa shape index (κ3) is 1.01. The summed E-state index contributed by atoms with van der Waals surface area (Å²) in [7, 11) is 1.51. The Morgan fingerprint density at radius 2 is 1.87 bits per heavy atom. The van der Waals surface area contributed by atoms with Gasteiger partial charge in [0.25, 0.3) is 0 Å². The van der Waals surface area contributed by atoms with E-state index in [0.29, 0.717) is 17.6 Å². The SMILES string of the molecule is COc1cc(O)c2c(c1O)C1CCC2C1. The van der Waals surface area contributed by atoms with Crippen molar-refractivity contribution in [2.24, 2.45) is 0 Å². The van der Waals surface area contributed by atoms with E-state index < -0.39 is 0 Å². The molecule has 15 heavy (non-hydrogen) atoms. The highest BCUT2D eigenvalue weighted by Gasteiger charge is 2.41. The van der Waals surface area contributed by atoms with Crippen LogP contribution in [0.1, 0.15) is 42.2 Å². The zero-order chi connectivity index (χ0) is 10.6. The van der Waals surface area contributed by atoms with Crippen LogP contribution >= 0.6 is 0 Å². The maximum atomic E-state index is 10.0. The second-order valence-corrected chi connectivity index (χ2v) is 4.48. The third-order valence-corrected chi connectivity index (χ3v) is 3.79. The van der Waals surface area contributed by atoms with Crippen LogP contribution in [-0.4, -0.2) is 17.3 Å². The van der Waals surface area contributed by atoms with Crippen molar-refractivity contribution in [3.63, 3.8) is 0 Å². The summed E-state index contributed by atoms with van der Waals surface area (Å²) >= 11 is 0. The maximum Gasteiger partial charge on any atom is 0.164 e. The molecule has 0 aliphatic heterocycles. The Kier molecular flexibility index (Phi) is 1.67. The van der Waals surface area contributed by atoms with Crippen molar-refractivity contribution in [2.45, 2.75) is 31.1 Å². The average Bonchev–Trinajstić information content (AvgIpc) is 2.83. The zero-order valence-electron chi connectivity index (χ0n) is 8.66. The first-order valence-electron chi connectivity index (χ1n) is 5.35. The Morgan fingerprint density at radius 1 is 1.20 bits per heavy atom. The monoisotopic (exact) mass is 206 g/mol. The van der Waals surface area contributed by atoms with E-state index in [-0.39, 0.29) is 11.5 Å².